The third-order valence-electron chi connectivity index (χ3n) is 6.37. The Kier molecular flexibility index (Phi) is 5.66. The number of carbonyl (C=O) groups excluding carboxylic acids is 1. The number of nitrogens with zero attached hydrogens (tertiary/aromatic N) is 2. The molecule has 0 unspecified atom stereocenters. The summed E-state index contributed by atoms with van der Waals surface area (Å²) in [6, 6.07) is 15.3. The van der Waals surface area contributed by atoms with E-state index in [1.807, 2.05) is 38.1 Å². The number of carbonyl (C=O) groups is 1. The van der Waals surface area contributed by atoms with Crippen LogP contribution < -0.4 is 19.8 Å². The lowest BCUT2D eigenvalue weighted by atomic mass is 9.98. The van der Waals surface area contributed by atoms with Crippen molar-refractivity contribution in [2.45, 2.75) is 19.9 Å². The first kappa shape index (κ1) is 23.5. The molecular formula is C28H21ClN2O5S. The van der Waals surface area contributed by atoms with Crippen molar-refractivity contribution < 1.29 is 18.7 Å². The fraction of sp³-hybridized carbons (Fsp3) is 0.179. The summed E-state index contributed by atoms with van der Waals surface area (Å²) in [5, 5.41) is 1.18. The van der Waals surface area contributed by atoms with Crippen LogP contribution in [0.3, 0.4) is 0 Å². The van der Waals surface area contributed by atoms with E-state index in [0.717, 1.165) is 15.8 Å². The Labute approximate surface area is 220 Å². The quantitative estimate of drug-likeness (QED) is 0.256. The number of benzene rings is 3. The van der Waals surface area contributed by atoms with Gasteiger partial charge in [0, 0.05) is 5.02 Å². The summed E-state index contributed by atoms with van der Waals surface area (Å²) in [6.07, 6.45) is 0. The zero-order valence-electron chi connectivity index (χ0n) is 20.2. The number of thiazole rings is 1. The summed E-state index contributed by atoms with van der Waals surface area (Å²) >= 11 is 7.58. The summed E-state index contributed by atoms with van der Waals surface area (Å²) in [5.74, 6) is 0.622. The molecule has 7 nitrogen and oxygen atoms in total. The highest BCUT2D eigenvalue weighted by Gasteiger charge is 2.45. The number of anilines is 1. The molecule has 1 aliphatic heterocycles. The average Bonchev–Trinajstić information content (AvgIpc) is 3.43. The van der Waals surface area contributed by atoms with E-state index >= 15 is 0 Å². The van der Waals surface area contributed by atoms with Gasteiger partial charge >= 0.3 is 0 Å². The molecule has 1 aliphatic rings. The van der Waals surface area contributed by atoms with Gasteiger partial charge in [0.25, 0.3) is 5.91 Å². The molecule has 6 rings (SSSR count). The van der Waals surface area contributed by atoms with Crippen molar-refractivity contribution in [3.8, 4) is 11.5 Å². The van der Waals surface area contributed by atoms with E-state index in [4.69, 9.17) is 30.5 Å². The van der Waals surface area contributed by atoms with E-state index in [1.165, 1.54) is 16.2 Å². The number of ether oxygens (including phenoxy) is 2. The van der Waals surface area contributed by atoms with E-state index in [2.05, 4.69) is 0 Å². The number of amides is 1. The van der Waals surface area contributed by atoms with Crippen LogP contribution in [0.15, 0.2) is 63.8 Å². The third-order valence-corrected chi connectivity index (χ3v) is 7.63. The first-order chi connectivity index (χ1) is 17.9. The molecule has 3 aromatic carbocycles. The van der Waals surface area contributed by atoms with Crippen LogP contribution in [-0.2, 0) is 0 Å². The van der Waals surface area contributed by atoms with Gasteiger partial charge in [-0.3, -0.25) is 14.5 Å². The molecule has 186 valence electrons. The van der Waals surface area contributed by atoms with Crippen LogP contribution in [0.5, 0.6) is 11.5 Å². The van der Waals surface area contributed by atoms with Crippen molar-refractivity contribution >= 4 is 55.2 Å². The van der Waals surface area contributed by atoms with Crippen molar-refractivity contribution in [2.75, 3.05) is 18.6 Å². The second-order valence-electron chi connectivity index (χ2n) is 8.70. The summed E-state index contributed by atoms with van der Waals surface area (Å²) < 4.78 is 18.2. The van der Waals surface area contributed by atoms with Crippen molar-refractivity contribution in [3.63, 3.8) is 0 Å². The standard InChI is InChI=1S/C28H21ClN2O5S/c1-4-35-20-9-6-15(12-21(20)34-3)24-23-25(32)17-13-16(29)7-10-19(17)36-26(23)27(33)31(24)28-30-18-8-5-14(2)11-22(18)37-28/h5-13,24H,4H2,1-3H3/t24-/m1/s1. The summed E-state index contributed by atoms with van der Waals surface area (Å²) in [6.45, 7) is 4.36. The van der Waals surface area contributed by atoms with Crippen LogP contribution in [0.1, 0.15) is 40.2 Å². The van der Waals surface area contributed by atoms with Crippen LogP contribution in [0.2, 0.25) is 5.02 Å². The zero-order chi connectivity index (χ0) is 25.8. The molecule has 3 heterocycles. The van der Waals surface area contributed by atoms with Crippen LogP contribution in [0.4, 0.5) is 5.13 Å². The van der Waals surface area contributed by atoms with Gasteiger partial charge in [-0.1, -0.05) is 35.1 Å². The Morgan fingerprint density at radius 1 is 1.08 bits per heavy atom. The summed E-state index contributed by atoms with van der Waals surface area (Å²) in [4.78, 5) is 34.0. The van der Waals surface area contributed by atoms with Crippen LogP contribution in [0.25, 0.3) is 21.2 Å². The van der Waals surface area contributed by atoms with Crippen molar-refractivity contribution in [1.29, 1.82) is 0 Å². The minimum absolute atomic E-state index is 0.00638. The van der Waals surface area contributed by atoms with Crippen LogP contribution in [-0.4, -0.2) is 24.6 Å². The molecule has 0 saturated carbocycles. The molecule has 5 aromatic rings. The molecule has 0 N–H and O–H groups in total. The highest BCUT2D eigenvalue weighted by molar-refractivity contribution is 7.22. The first-order valence-electron chi connectivity index (χ1n) is 11.7. The van der Waals surface area contributed by atoms with Crippen LogP contribution in [0, 0.1) is 6.92 Å². The predicted octanol–water partition coefficient (Wildman–Crippen LogP) is 6.52. The molecule has 0 aliphatic carbocycles. The van der Waals surface area contributed by atoms with Crippen molar-refractivity contribution in [1.82, 2.24) is 4.98 Å². The Bertz CT molecular complexity index is 1780. The Balaban J connectivity index is 1.62. The minimum Gasteiger partial charge on any atom is -0.493 e. The molecule has 2 aromatic heterocycles. The molecule has 9 heteroatoms. The first-order valence-corrected chi connectivity index (χ1v) is 12.9. The number of methoxy groups -OCH3 is 1. The Morgan fingerprint density at radius 2 is 1.92 bits per heavy atom. The number of rotatable bonds is 5. The molecule has 0 spiro atoms. The van der Waals surface area contributed by atoms with Crippen molar-refractivity contribution in [2.24, 2.45) is 0 Å². The molecule has 0 saturated heterocycles. The lowest BCUT2D eigenvalue weighted by Crippen LogP contribution is -2.29. The van der Waals surface area contributed by atoms with E-state index in [-0.39, 0.29) is 16.8 Å². The molecule has 0 radical (unpaired) electrons. The van der Waals surface area contributed by atoms with E-state index < -0.39 is 11.9 Å². The molecule has 37 heavy (non-hydrogen) atoms. The molecule has 1 atom stereocenters. The number of halogens is 1. The number of aryl methyl sites for hydroxylation is 1. The van der Waals surface area contributed by atoms with Gasteiger partial charge in [0.15, 0.2) is 22.1 Å². The van der Waals surface area contributed by atoms with Gasteiger partial charge < -0.3 is 13.9 Å². The molecule has 0 bridgehead atoms. The highest BCUT2D eigenvalue weighted by Crippen LogP contribution is 2.45. The largest absolute Gasteiger partial charge is 0.493 e. The lowest BCUT2D eigenvalue weighted by molar-refractivity contribution is 0.0971. The maximum atomic E-state index is 13.9. The fourth-order valence-electron chi connectivity index (χ4n) is 4.71. The number of hydrogen-bond acceptors (Lipinski definition) is 7. The number of aromatic nitrogens is 1. The topological polar surface area (TPSA) is 81.9 Å². The van der Waals surface area contributed by atoms with E-state index in [9.17, 15) is 9.59 Å². The van der Waals surface area contributed by atoms with Gasteiger partial charge in [0.1, 0.15) is 5.58 Å². The average molecular weight is 533 g/mol. The maximum absolute atomic E-state index is 13.9. The highest BCUT2D eigenvalue weighted by atomic mass is 35.5. The van der Waals surface area contributed by atoms with Gasteiger partial charge in [-0.05, 0) is 67.4 Å². The zero-order valence-corrected chi connectivity index (χ0v) is 21.8. The monoisotopic (exact) mass is 532 g/mol. The van der Waals surface area contributed by atoms with Gasteiger partial charge in [-0.15, -0.1) is 0 Å². The summed E-state index contributed by atoms with van der Waals surface area (Å²) in [7, 11) is 1.55. The number of hydrogen-bond donors (Lipinski definition) is 0. The third kappa shape index (κ3) is 3.75. The van der Waals surface area contributed by atoms with E-state index in [1.54, 1.807) is 37.4 Å². The molecular weight excluding hydrogens is 512 g/mol. The smallest absolute Gasteiger partial charge is 0.297 e. The molecule has 0 fully saturated rings. The SMILES string of the molecule is CCOc1ccc([C@@H]2c3c(oc4ccc(Cl)cc4c3=O)C(=O)N2c2nc3ccc(C)cc3s2)cc1OC. The summed E-state index contributed by atoms with van der Waals surface area (Å²) in [5.41, 5.74) is 2.74. The van der Waals surface area contributed by atoms with Gasteiger partial charge in [0.2, 0.25) is 5.76 Å². The van der Waals surface area contributed by atoms with Gasteiger partial charge in [-0.2, -0.15) is 0 Å². The van der Waals surface area contributed by atoms with Gasteiger partial charge in [-0.25, -0.2) is 4.98 Å². The lowest BCUT2D eigenvalue weighted by Gasteiger charge is -2.23. The second kappa shape index (κ2) is 8.90. The minimum atomic E-state index is -0.784. The fourth-order valence-corrected chi connectivity index (χ4v) is 5.97. The Morgan fingerprint density at radius 3 is 2.70 bits per heavy atom. The predicted molar refractivity (Wildman–Crippen MR) is 145 cm³/mol. The Hall–Kier alpha value is -3.88. The second-order valence-corrected chi connectivity index (χ2v) is 10.1. The van der Waals surface area contributed by atoms with Crippen molar-refractivity contribution in [3.05, 3.63) is 92.3 Å². The van der Waals surface area contributed by atoms with Crippen LogP contribution >= 0.6 is 22.9 Å². The van der Waals surface area contributed by atoms with E-state index in [0.29, 0.717) is 44.8 Å². The molecule has 1 amide bonds. The normalized spacial score (nSPS) is 15.0. The number of fused-ring (bicyclic) bond motifs is 3. The maximum Gasteiger partial charge on any atom is 0.297 e. The van der Waals surface area contributed by atoms with Gasteiger partial charge in [0.05, 0.1) is 40.9 Å².